The zero-order valence-electron chi connectivity index (χ0n) is 12.0. The Labute approximate surface area is 110 Å². The second-order valence-corrected chi connectivity index (χ2v) is 5.37. The summed E-state index contributed by atoms with van der Waals surface area (Å²) in [7, 11) is 0. The SMILES string of the molecule is CCCC(C)C(C)(C)OC(=O)CCCCC(=O)O. The summed E-state index contributed by atoms with van der Waals surface area (Å²) in [6.45, 7) is 8.06. The molecule has 18 heavy (non-hydrogen) atoms. The molecule has 0 aliphatic carbocycles. The molecule has 0 aromatic rings. The lowest BCUT2D eigenvalue weighted by molar-refractivity contribution is -0.161. The highest BCUT2D eigenvalue weighted by atomic mass is 16.6. The van der Waals surface area contributed by atoms with Crippen molar-refractivity contribution in [2.75, 3.05) is 0 Å². The van der Waals surface area contributed by atoms with Crippen molar-refractivity contribution >= 4 is 11.9 Å². The molecule has 0 heterocycles. The van der Waals surface area contributed by atoms with E-state index in [0.29, 0.717) is 25.2 Å². The van der Waals surface area contributed by atoms with Crippen molar-refractivity contribution in [2.45, 2.75) is 71.8 Å². The van der Waals surface area contributed by atoms with E-state index in [2.05, 4.69) is 13.8 Å². The van der Waals surface area contributed by atoms with Crippen LogP contribution in [0.2, 0.25) is 0 Å². The number of rotatable bonds is 9. The minimum atomic E-state index is -0.819. The molecule has 0 aliphatic heterocycles. The third-order valence-corrected chi connectivity index (χ3v) is 3.31. The quantitative estimate of drug-likeness (QED) is 0.508. The molecule has 4 nitrogen and oxygen atoms in total. The highest BCUT2D eigenvalue weighted by molar-refractivity contribution is 5.70. The Morgan fingerprint density at radius 2 is 1.78 bits per heavy atom. The molecule has 1 unspecified atom stereocenters. The van der Waals surface area contributed by atoms with Gasteiger partial charge in [-0.15, -0.1) is 0 Å². The van der Waals surface area contributed by atoms with Gasteiger partial charge in [0.05, 0.1) is 0 Å². The van der Waals surface area contributed by atoms with E-state index in [-0.39, 0.29) is 12.4 Å². The van der Waals surface area contributed by atoms with Crippen molar-refractivity contribution < 1.29 is 19.4 Å². The van der Waals surface area contributed by atoms with E-state index >= 15 is 0 Å². The van der Waals surface area contributed by atoms with Gasteiger partial charge in [-0.1, -0.05) is 20.3 Å². The number of hydrogen-bond acceptors (Lipinski definition) is 3. The Balaban J connectivity index is 3.95. The summed E-state index contributed by atoms with van der Waals surface area (Å²) in [5.74, 6) is -0.723. The van der Waals surface area contributed by atoms with Crippen LogP contribution in [-0.4, -0.2) is 22.6 Å². The molecule has 0 aliphatic rings. The highest BCUT2D eigenvalue weighted by Gasteiger charge is 2.29. The molecule has 1 N–H and O–H groups in total. The summed E-state index contributed by atoms with van der Waals surface area (Å²) in [5.41, 5.74) is -0.445. The van der Waals surface area contributed by atoms with E-state index in [1.54, 1.807) is 0 Å². The van der Waals surface area contributed by atoms with Crippen LogP contribution in [0, 0.1) is 5.92 Å². The third-order valence-electron chi connectivity index (χ3n) is 3.31. The second-order valence-electron chi connectivity index (χ2n) is 5.37. The number of carbonyl (C=O) groups excluding carboxylic acids is 1. The first kappa shape index (κ1) is 16.9. The van der Waals surface area contributed by atoms with Gasteiger partial charge in [-0.3, -0.25) is 9.59 Å². The maximum Gasteiger partial charge on any atom is 0.306 e. The minimum Gasteiger partial charge on any atom is -0.481 e. The fraction of sp³-hybridized carbons (Fsp3) is 0.857. The molecule has 4 heteroatoms. The van der Waals surface area contributed by atoms with Crippen molar-refractivity contribution in [1.82, 2.24) is 0 Å². The average Bonchev–Trinajstić information content (AvgIpc) is 2.24. The molecule has 0 bridgehead atoms. The van der Waals surface area contributed by atoms with Crippen LogP contribution in [0.25, 0.3) is 0 Å². The Morgan fingerprint density at radius 3 is 2.28 bits per heavy atom. The van der Waals surface area contributed by atoms with E-state index in [4.69, 9.17) is 9.84 Å². The number of carboxylic acid groups (broad SMARTS) is 1. The summed E-state index contributed by atoms with van der Waals surface area (Å²) in [4.78, 5) is 22.0. The molecule has 0 fully saturated rings. The number of carbonyl (C=O) groups is 2. The van der Waals surface area contributed by atoms with Crippen LogP contribution < -0.4 is 0 Å². The van der Waals surface area contributed by atoms with Gasteiger partial charge >= 0.3 is 11.9 Å². The molecule has 0 spiro atoms. The summed E-state index contributed by atoms with van der Waals surface area (Å²) in [6, 6.07) is 0. The molecule has 0 radical (unpaired) electrons. The molecular weight excluding hydrogens is 232 g/mol. The molecule has 0 rings (SSSR count). The number of aliphatic carboxylic acids is 1. The smallest absolute Gasteiger partial charge is 0.306 e. The zero-order valence-corrected chi connectivity index (χ0v) is 12.0. The first-order chi connectivity index (χ1) is 8.29. The van der Waals surface area contributed by atoms with E-state index in [1.165, 1.54) is 0 Å². The molecular formula is C14H26O4. The van der Waals surface area contributed by atoms with E-state index < -0.39 is 11.6 Å². The minimum absolute atomic E-state index is 0.114. The molecule has 0 saturated carbocycles. The van der Waals surface area contributed by atoms with Gasteiger partial charge in [-0.25, -0.2) is 0 Å². The van der Waals surface area contributed by atoms with Crippen LogP contribution in [0.1, 0.15) is 66.2 Å². The first-order valence-electron chi connectivity index (χ1n) is 6.73. The fourth-order valence-electron chi connectivity index (χ4n) is 1.77. The maximum absolute atomic E-state index is 11.6. The van der Waals surface area contributed by atoms with Gasteiger partial charge in [0.1, 0.15) is 5.60 Å². The van der Waals surface area contributed by atoms with Crippen molar-refractivity contribution in [2.24, 2.45) is 5.92 Å². The van der Waals surface area contributed by atoms with Gasteiger partial charge in [-0.05, 0) is 39.0 Å². The topological polar surface area (TPSA) is 63.6 Å². The fourth-order valence-corrected chi connectivity index (χ4v) is 1.77. The van der Waals surface area contributed by atoms with Crippen molar-refractivity contribution in [3.05, 3.63) is 0 Å². The third kappa shape index (κ3) is 7.30. The van der Waals surface area contributed by atoms with Gasteiger partial charge in [0.25, 0.3) is 0 Å². The molecule has 106 valence electrons. The van der Waals surface area contributed by atoms with Crippen molar-refractivity contribution in [3.63, 3.8) is 0 Å². The number of esters is 1. The summed E-state index contributed by atoms with van der Waals surface area (Å²) >= 11 is 0. The lowest BCUT2D eigenvalue weighted by Gasteiger charge is -2.31. The van der Waals surface area contributed by atoms with Crippen LogP contribution in [0.4, 0.5) is 0 Å². The first-order valence-corrected chi connectivity index (χ1v) is 6.73. The largest absolute Gasteiger partial charge is 0.481 e. The molecule has 0 aromatic carbocycles. The van der Waals surface area contributed by atoms with Crippen LogP contribution in [0.5, 0.6) is 0 Å². The average molecular weight is 258 g/mol. The Kier molecular flexibility index (Phi) is 7.64. The Hall–Kier alpha value is -1.06. The number of carboxylic acids is 1. The number of ether oxygens (including phenoxy) is 1. The lowest BCUT2D eigenvalue weighted by Crippen LogP contribution is -2.35. The van der Waals surface area contributed by atoms with Crippen molar-refractivity contribution in [1.29, 1.82) is 0 Å². The van der Waals surface area contributed by atoms with Gasteiger partial charge in [0.2, 0.25) is 0 Å². The number of hydrogen-bond donors (Lipinski definition) is 1. The van der Waals surface area contributed by atoms with Crippen LogP contribution in [-0.2, 0) is 14.3 Å². The standard InChI is InChI=1S/C14H26O4/c1-5-8-11(2)14(3,4)18-13(17)10-7-6-9-12(15)16/h11H,5-10H2,1-4H3,(H,15,16). The van der Waals surface area contributed by atoms with Crippen LogP contribution in [0.15, 0.2) is 0 Å². The Bertz CT molecular complexity index is 271. The van der Waals surface area contributed by atoms with Gasteiger partial charge in [-0.2, -0.15) is 0 Å². The van der Waals surface area contributed by atoms with Gasteiger partial charge in [0.15, 0.2) is 0 Å². The van der Waals surface area contributed by atoms with E-state index in [1.807, 2.05) is 13.8 Å². The van der Waals surface area contributed by atoms with Crippen LogP contribution >= 0.6 is 0 Å². The van der Waals surface area contributed by atoms with Crippen LogP contribution in [0.3, 0.4) is 0 Å². The summed E-state index contributed by atoms with van der Waals surface area (Å²) < 4.78 is 5.47. The van der Waals surface area contributed by atoms with Gasteiger partial charge in [0, 0.05) is 12.8 Å². The molecule has 0 aromatic heterocycles. The predicted molar refractivity (Wildman–Crippen MR) is 70.3 cm³/mol. The monoisotopic (exact) mass is 258 g/mol. The normalized spacial score (nSPS) is 13.1. The highest BCUT2D eigenvalue weighted by Crippen LogP contribution is 2.25. The number of unbranched alkanes of at least 4 members (excludes halogenated alkanes) is 1. The van der Waals surface area contributed by atoms with E-state index in [0.717, 1.165) is 12.8 Å². The Morgan fingerprint density at radius 1 is 1.22 bits per heavy atom. The molecule has 1 atom stereocenters. The van der Waals surface area contributed by atoms with Gasteiger partial charge < -0.3 is 9.84 Å². The predicted octanol–water partition coefficient (Wildman–Crippen LogP) is 3.39. The van der Waals surface area contributed by atoms with E-state index in [9.17, 15) is 9.59 Å². The zero-order chi connectivity index (χ0) is 14.2. The molecule has 0 amide bonds. The van der Waals surface area contributed by atoms with Crippen molar-refractivity contribution in [3.8, 4) is 0 Å². The molecule has 0 saturated heterocycles. The lowest BCUT2D eigenvalue weighted by atomic mass is 9.89. The maximum atomic E-state index is 11.6. The summed E-state index contributed by atoms with van der Waals surface area (Å²) in [6.07, 6.45) is 3.61. The summed E-state index contributed by atoms with van der Waals surface area (Å²) in [5, 5.41) is 8.48. The second kappa shape index (κ2) is 8.11.